The van der Waals surface area contributed by atoms with E-state index >= 15 is 0 Å². The van der Waals surface area contributed by atoms with Crippen molar-refractivity contribution in [1.29, 1.82) is 0 Å². The Bertz CT molecular complexity index is 1000. The molecule has 0 aliphatic carbocycles. The summed E-state index contributed by atoms with van der Waals surface area (Å²) in [5.74, 6) is 0.552. The number of carbonyl (C=O) groups excluding carboxylic acids is 2. The van der Waals surface area contributed by atoms with E-state index in [-0.39, 0.29) is 11.6 Å². The van der Waals surface area contributed by atoms with E-state index in [9.17, 15) is 22.8 Å². The molecule has 9 heteroatoms. The molecule has 2 aliphatic heterocycles. The molecule has 2 N–H and O–H groups in total. The van der Waals surface area contributed by atoms with E-state index in [2.05, 4.69) is 22.5 Å². The molecule has 1 atom stereocenters. The molecule has 4 rings (SSSR count). The van der Waals surface area contributed by atoms with E-state index in [0.717, 1.165) is 48.9 Å². The average Bonchev–Trinajstić information content (AvgIpc) is 2.81. The molecule has 2 aliphatic rings. The fourth-order valence-corrected chi connectivity index (χ4v) is 4.44. The van der Waals surface area contributed by atoms with Gasteiger partial charge in [-0.3, -0.25) is 4.79 Å². The van der Waals surface area contributed by atoms with Crippen molar-refractivity contribution in [2.24, 2.45) is 5.92 Å². The van der Waals surface area contributed by atoms with Crippen molar-refractivity contribution in [3.8, 4) is 0 Å². The summed E-state index contributed by atoms with van der Waals surface area (Å²) in [7, 11) is 0. The van der Waals surface area contributed by atoms with E-state index in [1.54, 1.807) is 4.90 Å². The highest BCUT2D eigenvalue weighted by Gasteiger charge is 2.32. The summed E-state index contributed by atoms with van der Waals surface area (Å²) in [5, 5.41) is 5.15. The highest BCUT2D eigenvalue weighted by molar-refractivity contribution is 6.01. The summed E-state index contributed by atoms with van der Waals surface area (Å²) in [4.78, 5) is 29.4. The normalized spacial score (nSPS) is 19.8. The summed E-state index contributed by atoms with van der Waals surface area (Å²) in [6.45, 7) is 4.90. The van der Waals surface area contributed by atoms with E-state index < -0.39 is 23.8 Å². The topological polar surface area (TPSA) is 64.7 Å². The highest BCUT2D eigenvalue weighted by atomic mass is 19.4. The molecule has 0 aromatic heterocycles. The third-order valence-electron chi connectivity index (χ3n) is 6.52. The van der Waals surface area contributed by atoms with E-state index in [0.29, 0.717) is 13.0 Å². The molecule has 182 valence electrons. The Labute approximate surface area is 197 Å². The van der Waals surface area contributed by atoms with Crippen LogP contribution in [0.25, 0.3) is 0 Å². The summed E-state index contributed by atoms with van der Waals surface area (Å²) >= 11 is 0. The van der Waals surface area contributed by atoms with Crippen molar-refractivity contribution in [1.82, 2.24) is 5.32 Å². The van der Waals surface area contributed by atoms with Crippen LogP contribution in [-0.4, -0.2) is 37.6 Å². The van der Waals surface area contributed by atoms with Gasteiger partial charge in [0.15, 0.2) is 0 Å². The number of benzene rings is 2. The molecule has 34 heavy (non-hydrogen) atoms. The van der Waals surface area contributed by atoms with Gasteiger partial charge in [-0.25, -0.2) is 4.79 Å². The number of hydrogen-bond donors (Lipinski definition) is 2. The van der Waals surface area contributed by atoms with Crippen LogP contribution in [0.1, 0.15) is 38.2 Å². The maximum atomic E-state index is 13.0. The molecule has 3 amide bonds. The van der Waals surface area contributed by atoms with E-state index in [1.807, 2.05) is 24.3 Å². The maximum Gasteiger partial charge on any atom is 0.416 e. The van der Waals surface area contributed by atoms with Crippen molar-refractivity contribution < 1.29 is 22.8 Å². The summed E-state index contributed by atoms with van der Waals surface area (Å²) < 4.78 is 38.1. The number of rotatable bonds is 4. The Kier molecular flexibility index (Phi) is 7.00. The van der Waals surface area contributed by atoms with Crippen molar-refractivity contribution in [2.45, 2.75) is 44.8 Å². The van der Waals surface area contributed by atoms with Gasteiger partial charge in [0.2, 0.25) is 5.91 Å². The third-order valence-corrected chi connectivity index (χ3v) is 6.52. The first-order chi connectivity index (χ1) is 16.2. The maximum absolute atomic E-state index is 13.0. The Morgan fingerprint density at radius 2 is 1.53 bits per heavy atom. The predicted octanol–water partition coefficient (Wildman–Crippen LogP) is 5.26. The summed E-state index contributed by atoms with van der Waals surface area (Å²) in [5.41, 5.74) is 1.35. The monoisotopic (exact) mass is 474 g/mol. The Morgan fingerprint density at radius 3 is 2.15 bits per heavy atom. The third kappa shape index (κ3) is 5.63. The summed E-state index contributed by atoms with van der Waals surface area (Å²) in [6.07, 6.45) is -0.867. The Hall–Kier alpha value is -3.23. The number of urea groups is 1. The van der Waals surface area contributed by atoms with Crippen molar-refractivity contribution in [3.63, 3.8) is 0 Å². The molecule has 2 heterocycles. The molecule has 0 saturated carbocycles. The lowest BCUT2D eigenvalue weighted by Gasteiger charge is -2.34. The lowest BCUT2D eigenvalue weighted by Crippen LogP contribution is -2.53. The molecule has 2 saturated heterocycles. The number of amides is 3. The van der Waals surface area contributed by atoms with Crippen molar-refractivity contribution in [3.05, 3.63) is 54.1 Å². The first kappa shape index (κ1) is 23.9. The zero-order valence-electron chi connectivity index (χ0n) is 19.1. The second-order valence-corrected chi connectivity index (χ2v) is 9.04. The quantitative estimate of drug-likeness (QED) is 0.636. The van der Waals surface area contributed by atoms with E-state index in [1.165, 1.54) is 25.0 Å². The van der Waals surface area contributed by atoms with Crippen LogP contribution in [0.2, 0.25) is 0 Å². The lowest BCUT2D eigenvalue weighted by atomic mass is 9.98. The van der Waals surface area contributed by atoms with Gasteiger partial charge >= 0.3 is 12.2 Å². The van der Waals surface area contributed by atoms with Crippen molar-refractivity contribution in [2.75, 3.05) is 34.8 Å². The number of carbonyl (C=O) groups is 2. The van der Waals surface area contributed by atoms with Crippen LogP contribution in [0, 0.1) is 5.92 Å². The van der Waals surface area contributed by atoms with Gasteiger partial charge in [-0.15, -0.1) is 0 Å². The molecule has 0 radical (unpaired) electrons. The zero-order chi connectivity index (χ0) is 24.3. The van der Waals surface area contributed by atoms with Gasteiger partial charge in [-0.2, -0.15) is 13.2 Å². The number of hydrogen-bond acceptors (Lipinski definition) is 3. The molecule has 0 unspecified atom stereocenters. The zero-order valence-corrected chi connectivity index (χ0v) is 19.1. The fourth-order valence-electron chi connectivity index (χ4n) is 4.44. The minimum atomic E-state index is -4.44. The predicted molar refractivity (Wildman–Crippen MR) is 126 cm³/mol. The van der Waals surface area contributed by atoms with Gasteiger partial charge in [0, 0.05) is 36.7 Å². The van der Waals surface area contributed by atoms with Gasteiger partial charge < -0.3 is 20.4 Å². The fraction of sp³-hybridized carbons (Fsp3) is 0.440. The number of piperidine rings is 2. The number of alkyl halides is 3. The second-order valence-electron chi connectivity index (χ2n) is 9.04. The van der Waals surface area contributed by atoms with Crippen molar-refractivity contribution >= 4 is 29.0 Å². The standard InChI is InChI=1S/C25H29F3N4O2/c1-17-12-15-31(16-13-17)20-8-10-21(11-9-20)32-14-2-3-22(23(32)33)30-24(34)29-19-6-4-18(5-7-19)25(26,27)28/h4-11,17,22H,2-3,12-16H2,1H3,(H2,29,30,34)/t22-/m1/s1. The molecule has 0 bridgehead atoms. The van der Waals surface area contributed by atoms with Crippen LogP contribution in [-0.2, 0) is 11.0 Å². The van der Waals surface area contributed by atoms with Crippen LogP contribution < -0.4 is 20.4 Å². The molecule has 2 aromatic carbocycles. The Morgan fingerprint density at radius 1 is 0.912 bits per heavy atom. The molecule has 2 fully saturated rings. The summed E-state index contributed by atoms with van der Waals surface area (Å²) in [6, 6.07) is 10.8. The van der Waals surface area contributed by atoms with Crippen LogP contribution in [0.3, 0.4) is 0 Å². The van der Waals surface area contributed by atoms with Crippen LogP contribution in [0.15, 0.2) is 48.5 Å². The van der Waals surface area contributed by atoms with Gasteiger partial charge in [0.1, 0.15) is 6.04 Å². The number of nitrogens with one attached hydrogen (secondary N) is 2. The first-order valence-corrected chi connectivity index (χ1v) is 11.6. The SMILES string of the molecule is CC1CCN(c2ccc(N3CCC[C@@H](NC(=O)Nc4ccc(C(F)(F)F)cc4)C3=O)cc2)CC1. The minimum Gasteiger partial charge on any atom is -0.372 e. The Balaban J connectivity index is 1.35. The smallest absolute Gasteiger partial charge is 0.372 e. The minimum absolute atomic E-state index is 0.201. The molecular formula is C25H29F3N4O2. The highest BCUT2D eigenvalue weighted by Crippen LogP contribution is 2.30. The van der Waals surface area contributed by atoms with Gasteiger partial charge in [-0.05, 0) is 80.1 Å². The second kappa shape index (κ2) is 9.95. The number of anilines is 3. The lowest BCUT2D eigenvalue weighted by molar-refractivity contribution is -0.137. The van der Waals surface area contributed by atoms with Gasteiger partial charge in [0.05, 0.1) is 5.56 Å². The molecular weight excluding hydrogens is 445 g/mol. The molecule has 2 aromatic rings. The van der Waals surface area contributed by atoms with Crippen LogP contribution in [0.5, 0.6) is 0 Å². The molecule has 6 nitrogen and oxygen atoms in total. The number of halogens is 3. The van der Waals surface area contributed by atoms with Gasteiger partial charge in [0.25, 0.3) is 0 Å². The molecule has 0 spiro atoms. The largest absolute Gasteiger partial charge is 0.416 e. The van der Waals surface area contributed by atoms with Crippen LogP contribution in [0.4, 0.5) is 35.0 Å². The van der Waals surface area contributed by atoms with E-state index in [4.69, 9.17) is 0 Å². The van der Waals surface area contributed by atoms with Crippen LogP contribution >= 0.6 is 0 Å². The first-order valence-electron chi connectivity index (χ1n) is 11.6. The number of nitrogens with zero attached hydrogens (tertiary/aromatic N) is 2. The van der Waals surface area contributed by atoms with Gasteiger partial charge in [-0.1, -0.05) is 6.92 Å². The average molecular weight is 475 g/mol.